The average Bonchev–Trinajstić information content (AvgIpc) is 2.97. The predicted molar refractivity (Wildman–Crippen MR) is 97.5 cm³/mol. The molecule has 8 heteroatoms. The van der Waals surface area contributed by atoms with E-state index in [0.717, 1.165) is 15.2 Å². The first kappa shape index (κ1) is 16.4. The molecule has 1 N–H and O–H groups in total. The molecule has 1 heterocycles. The van der Waals surface area contributed by atoms with Crippen LogP contribution in [-0.4, -0.2) is 21.6 Å². The lowest BCUT2D eigenvalue weighted by atomic mass is 10.3. The number of non-ortho nitro benzene ring substituents is 1. The summed E-state index contributed by atoms with van der Waals surface area (Å²) >= 11 is 3.08. The Hall–Kier alpha value is -2.45. The van der Waals surface area contributed by atoms with Gasteiger partial charge in [-0.3, -0.25) is 14.9 Å². The molecule has 0 atom stereocenters. The summed E-state index contributed by atoms with van der Waals surface area (Å²) in [5.41, 5.74) is 1.35. The summed E-state index contributed by atoms with van der Waals surface area (Å²) in [6, 6.07) is 13.8. The van der Waals surface area contributed by atoms with Gasteiger partial charge in [0, 0.05) is 23.6 Å². The maximum atomic E-state index is 11.9. The average molecular weight is 359 g/mol. The Kier molecular flexibility index (Phi) is 5.07. The molecule has 122 valence electrons. The predicted octanol–water partition coefficient (Wildman–Crippen LogP) is 4.08. The van der Waals surface area contributed by atoms with Crippen molar-refractivity contribution in [2.24, 2.45) is 0 Å². The third-order valence-electron chi connectivity index (χ3n) is 3.14. The fourth-order valence-electron chi connectivity index (χ4n) is 2.11. The van der Waals surface area contributed by atoms with E-state index in [-0.39, 0.29) is 17.3 Å². The number of aromatic nitrogens is 1. The van der Waals surface area contributed by atoms with Crippen molar-refractivity contribution in [3.05, 3.63) is 63.7 Å². The van der Waals surface area contributed by atoms with Crippen molar-refractivity contribution in [1.29, 1.82) is 0 Å². The van der Waals surface area contributed by atoms with E-state index in [1.807, 2.05) is 24.3 Å². The van der Waals surface area contributed by atoms with Crippen LogP contribution in [0.5, 0.6) is 0 Å². The van der Waals surface area contributed by atoms with Crippen molar-refractivity contribution in [3.63, 3.8) is 0 Å². The highest BCUT2D eigenvalue weighted by molar-refractivity contribution is 7.99. The molecule has 2 aromatic carbocycles. The van der Waals surface area contributed by atoms with E-state index < -0.39 is 4.92 Å². The summed E-state index contributed by atoms with van der Waals surface area (Å²) < 4.78 is 1.13. The van der Waals surface area contributed by atoms with Gasteiger partial charge < -0.3 is 5.32 Å². The Morgan fingerprint density at radius 2 is 2.08 bits per heavy atom. The number of nitrogens with one attached hydrogen (secondary N) is 1. The van der Waals surface area contributed by atoms with Crippen LogP contribution in [0.1, 0.15) is 5.01 Å². The van der Waals surface area contributed by atoms with Gasteiger partial charge in [-0.15, -0.1) is 23.1 Å². The van der Waals surface area contributed by atoms with Gasteiger partial charge in [0.2, 0.25) is 5.91 Å². The van der Waals surface area contributed by atoms with E-state index in [1.54, 1.807) is 23.5 Å². The molecule has 0 radical (unpaired) electrons. The monoisotopic (exact) mass is 359 g/mol. The maximum absolute atomic E-state index is 11.9. The molecule has 0 saturated carbocycles. The first-order valence-corrected chi connectivity index (χ1v) is 9.05. The maximum Gasteiger partial charge on any atom is 0.271 e. The minimum absolute atomic E-state index is 0.0464. The third kappa shape index (κ3) is 4.09. The number of nitro benzene ring substituents is 1. The standard InChI is InChI=1S/C16H13N3O3S2/c20-15(17-11-4-3-5-12(8-11)19(21)22)9-23-10-16-18-13-6-1-2-7-14(13)24-16/h1-8H,9-10H2,(H,17,20). The van der Waals surface area contributed by atoms with Crippen LogP contribution in [0, 0.1) is 10.1 Å². The number of thiazole rings is 1. The van der Waals surface area contributed by atoms with E-state index in [1.165, 1.54) is 23.9 Å². The van der Waals surface area contributed by atoms with Crippen LogP contribution in [-0.2, 0) is 10.5 Å². The number of nitrogens with zero attached hydrogens (tertiary/aromatic N) is 2. The number of fused-ring (bicyclic) bond motifs is 1. The Morgan fingerprint density at radius 3 is 2.88 bits per heavy atom. The van der Waals surface area contributed by atoms with Crippen molar-refractivity contribution in [2.75, 3.05) is 11.1 Å². The number of rotatable bonds is 6. The van der Waals surface area contributed by atoms with Crippen LogP contribution in [0.4, 0.5) is 11.4 Å². The highest BCUT2D eigenvalue weighted by Crippen LogP contribution is 2.25. The first-order valence-electron chi connectivity index (χ1n) is 7.08. The van der Waals surface area contributed by atoms with Gasteiger partial charge in [0.15, 0.2) is 0 Å². The van der Waals surface area contributed by atoms with Crippen molar-refractivity contribution in [3.8, 4) is 0 Å². The zero-order chi connectivity index (χ0) is 16.9. The number of benzene rings is 2. The summed E-state index contributed by atoms with van der Waals surface area (Å²) in [5, 5.41) is 14.4. The van der Waals surface area contributed by atoms with Gasteiger partial charge >= 0.3 is 0 Å². The van der Waals surface area contributed by atoms with E-state index in [2.05, 4.69) is 10.3 Å². The van der Waals surface area contributed by atoms with Crippen LogP contribution in [0.2, 0.25) is 0 Å². The molecule has 1 amide bonds. The minimum atomic E-state index is -0.489. The quantitative estimate of drug-likeness (QED) is 0.529. The summed E-state index contributed by atoms with van der Waals surface area (Å²) in [7, 11) is 0. The first-order chi connectivity index (χ1) is 11.6. The third-order valence-corrected chi connectivity index (χ3v) is 5.30. The summed E-state index contributed by atoms with van der Waals surface area (Å²) in [6.07, 6.45) is 0. The van der Waals surface area contributed by atoms with Gasteiger partial charge in [0.25, 0.3) is 5.69 Å². The van der Waals surface area contributed by atoms with Gasteiger partial charge in [-0.1, -0.05) is 18.2 Å². The Morgan fingerprint density at radius 1 is 1.25 bits per heavy atom. The molecule has 0 saturated heterocycles. The number of para-hydroxylation sites is 1. The SMILES string of the molecule is O=C(CSCc1nc2ccccc2s1)Nc1cccc([N+](=O)[O-])c1. The molecule has 3 rings (SSSR count). The van der Waals surface area contributed by atoms with E-state index >= 15 is 0 Å². The molecule has 6 nitrogen and oxygen atoms in total. The minimum Gasteiger partial charge on any atom is -0.325 e. The van der Waals surface area contributed by atoms with Crippen molar-refractivity contribution < 1.29 is 9.72 Å². The lowest BCUT2D eigenvalue weighted by molar-refractivity contribution is -0.384. The number of carbonyl (C=O) groups excluding carboxylic acids is 1. The van der Waals surface area contributed by atoms with Crippen LogP contribution < -0.4 is 5.32 Å². The van der Waals surface area contributed by atoms with Crippen LogP contribution in [0.15, 0.2) is 48.5 Å². The molecule has 24 heavy (non-hydrogen) atoms. The molecule has 1 aromatic heterocycles. The molecule has 0 aliphatic carbocycles. The molecule has 3 aromatic rings. The summed E-state index contributed by atoms with van der Waals surface area (Å²) in [6.45, 7) is 0. The highest BCUT2D eigenvalue weighted by atomic mass is 32.2. The highest BCUT2D eigenvalue weighted by Gasteiger charge is 2.09. The van der Waals surface area contributed by atoms with Crippen molar-refractivity contribution in [2.45, 2.75) is 5.75 Å². The Balaban J connectivity index is 1.52. The number of amides is 1. The number of hydrogen-bond acceptors (Lipinski definition) is 6. The number of hydrogen-bond donors (Lipinski definition) is 1. The second-order valence-electron chi connectivity index (χ2n) is 4.92. The molecular weight excluding hydrogens is 346 g/mol. The number of nitro groups is 1. The van der Waals surface area contributed by atoms with Crippen LogP contribution in [0.3, 0.4) is 0 Å². The zero-order valence-corrected chi connectivity index (χ0v) is 14.1. The van der Waals surface area contributed by atoms with Crippen molar-refractivity contribution >= 4 is 50.6 Å². The molecule has 0 bridgehead atoms. The topological polar surface area (TPSA) is 85.1 Å². The fourth-order valence-corrected chi connectivity index (χ4v) is 3.95. The molecule has 0 unspecified atom stereocenters. The number of anilines is 1. The van der Waals surface area contributed by atoms with Crippen molar-refractivity contribution in [1.82, 2.24) is 4.98 Å². The second-order valence-corrected chi connectivity index (χ2v) is 7.02. The van der Waals surface area contributed by atoms with Gasteiger partial charge in [0.1, 0.15) is 5.01 Å². The van der Waals surface area contributed by atoms with Crippen LogP contribution >= 0.6 is 23.1 Å². The molecule has 0 fully saturated rings. The molecule has 0 aliphatic heterocycles. The zero-order valence-electron chi connectivity index (χ0n) is 12.5. The van der Waals surface area contributed by atoms with E-state index in [0.29, 0.717) is 11.4 Å². The molecule has 0 spiro atoms. The van der Waals surface area contributed by atoms with Gasteiger partial charge in [-0.2, -0.15) is 0 Å². The molecular formula is C16H13N3O3S2. The number of thioether (sulfide) groups is 1. The molecule has 0 aliphatic rings. The normalized spacial score (nSPS) is 10.7. The smallest absolute Gasteiger partial charge is 0.271 e. The second kappa shape index (κ2) is 7.41. The largest absolute Gasteiger partial charge is 0.325 e. The summed E-state index contributed by atoms with van der Waals surface area (Å²) in [5.74, 6) is 0.724. The van der Waals surface area contributed by atoms with Gasteiger partial charge in [0.05, 0.1) is 20.9 Å². The Bertz CT molecular complexity index is 862. The lowest BCUT2D eigenvalue weighted by Gasteiger charge is -2.04. The number of carbonyl (C=O) groups is 1. The summed E-state index contributed by atoms with van der Waals surface area (Å²) in [4.78, 5) is 26.7. The van der Waals surface area contributed by atoms with Gasteiger partial charge in [-0.05, 0) is 18.2 Å². The fraction of sp³-hybridized carbons (Fsp3) is 0.125. The van der Waals surface area contributed by atoms with E-state index in [9.17, 15) is 14.9 Å². The van der Waals surface area contributed by atoms with Crippen LogP contribution in [0.25, 0.3) is 10.2 Å². The Labute approximate surface area is 146 Å². The van der Waals surface area contributed by atoms with Gasteiger partial charge in [-0.25, -0.2) is 4.98 Å². The van der Waals surface area contributed by atoms with E-state index in [4.69, 9.17) is 0 Å². The lowest BCUT2D eigenvalue weighted by Crippen LogP contribution is -2.14.